The van der Waals surface area contributed by atoms with Crippen LogP contribution < -0.4 is 15.2 Å². The first kappa shape index (κ1) is 29.4. The standard InChI is InChI=1S/C30H33BrIN3O4/c1-5-38-25-13-19(12-22(32)28(25)39-17-18-6-8-20(31)9-7-18)26-21(16-33)29(34)35(10-11-37-4)23-14-30(2,3)15-24(36)27(23)26/h6-9,12-13,26H,5,10-11,14-15,17,34H2,1-4H3/t26-/m1/s1. The lowest BCUT2D eigenvalue weighted by Crippen LogP contribution is -2.43. The molecule has 206 valence electrons. The topological polar surface area (TPSA) is 97.8 Å². The van der Waals surface area contributed by atoms with Gasteiger partial charge in [0.1, 0.15) is 12.4 Å². The van der Waals surface area contributed by atoms with E-state index in [1.165, 1.54) is 0 Å². The number of nitrogens with two attached hydrogens (primary N) is 1. The van der Waals surface area contributed by atoms with E-state index in [1.807, 2.05) is 48.2 Å². The van der Waals surface area contributed by atoms with Crippen LogP contribution in [0.25, 0.3) is 0 Å². The Hall–Kier alpha value is -2.55. The molecular weight excluding hydrogens is 673 g/mol. The number of methoxy groups -OCH3 is 1. The molecule has 0 radical (unpaired) electrons. The van der Waals surface area contributed by atoms with E-state index in [9.17, 15) is 10.1 Å². The van der Waals surface area contributed by atoms with E-state index in [-0.39, 0.29) is 11.2 Å². The number of Topliss-reactive ketones (excluding diaryl/α,β-unsaturated/α-hetero) is 1. The average Bonchev–Trinajstić information content (AvgIpc) is 2.87. The molecule has 1 heterocycles. The molecule has 0 amide bonds. The van der Waals surface area contributed by atoms with Gasteiger partial charge in [-0.15, -0.1) is 0 Å². The van der Waals surface area contributed by atoms with Gasteiger partial charge in [0.2, 0.25) is 0 Å². The molecule has 0 saturated heterocycles. The summed E-state index contributed by atoms with van der Waals surface area (Å²) < 4.78 is 19.4. The molecule has 4 rings (SSSR count). The molecule has 9 heteroatoms. The second kappa shape index (κ2) is 12.3. The molecule has 1 atom stereocenters. The van der Waals surface area contributed by atoms with Crippen LogP contribution in [-0.2, 0) is 16.1 Å². The Balaban J connectivity index is 1.81. The van der Waals surface area contributed by atoms with Crippen molar-refractivity contribution in [1.82, 2.24) is 4.90 Å². The molecule has 2 aromatic carbocycles. The van der Waals surface area contributed by atoms with Crippen molar-refractivity contribution in [1.29, 1.82) is 5.26 Å². The monoisotopic (exact) mass is 705 g/mol. The first-order valence-corrected chi connectivity index (χ1v) is 14.7. The van der Waals surface area contributed by atoms with Crippen molar-refractivity contribution in [2.24, 2.45) is 11.1 Å². The molecular formula is C30H33BrIN3O4. The normalized spacial score (nSPS) is 18.6. The predicted molar refractivity (Wildman–Crippen MR) is 162 cm³/mol. The molecule has 0 aromatic heterocycles. The fourth-order valence-corrected chi connectivity index (χ4v) is 6.29. The maximum atomic E-state index is 13.7. The van der Waals surface area contributed by atoms with Gasteiger partial charge in [0.05, 0.1) is 34.3 Å². The molecule has 2 aliphatic rings. The number of nitrogens with zero attached hydrogens (tertiary/aromatic N) is 2. The van der Waals surface area contributed by atoms with Crippen molar-refractivity contribution >= 4 is 44.3 Å². The lowest BCUT2D eigenvalue weighted by atomic mass is 9.68. The molecule has 7 nitrogen and oxygen atoms in total. The Morgan fingerprint density at radius 2 is 1.92 bits per heavy atom. The van der Waals surface area contributed by atoms with Gasteiger partial charge in [0.15, 0.2) is 17.3 Å². The summed E-state index contributed by atoms with van der Waals surface area (Å²) in [7, 11) is 1.63. The van der Waals surface area contributed by atoms with E-state index in [0.717, 1.165) is 24.9 Å². The van der Waals surface area contributed by atoms with Gasteiger partial charge >= 0.3 is 0 Å². The maximum absolute atomic E-state index is 13.7. The van der Waals surface area contributed by atoms with Crippen LogP contribution in [0.15, 0.2) is 63.5 Å². The third-order valence-corrected chi connectivity index (χ3v) is 8.30. The Morgan fingerprint density at radius 3 is 2.56 bits per heavy atom. The van der Waals surface area contributed by atoms with Crippen LogP contribution in [0.3, 0.4) is 0 Å². The Labute approximate surface area is 252 Å². The van der Waals surface area contributed by atoms with Crippen molar-refractivity contribution in [3.05, 3.63) is 78.2 Å². The number of rotatable bonds is 9. The summed E-state index contributed by atoms with van der Waals surface area (Å²) in [4.78, 5) is 15.6. The highest BCUT2D eigenvalue weighted by atomic mass is 127. The average molecular weight is 706 g/mol. The maximum Gasteiger partial charge on any atom is 0.174 e. The summed E-state index contributed by atoms with van der Waals surface area (Å²) in [5.41, 5.74) is 10.1. The zero-order valence-electron chi connectivity index (χ0n) is 22.6. The van der Waals surface area contributed by atoms with E-state index in [4.69, 9.17) is 19.9 Å². The summed E-state index contributed by atoms with van der Waals surface area (Å²) in [5, 5.41) is 10.3. The van der Waals surface area contributed by atoms with E-state index < -0.39 is 5.92 Å². The van der Waals surface area contributed by atoms with Gasteiger partial charge in [-0.3, -0.25) is 4.79 Å². The smallest absolute Gasteiger partial charge is 0.174 e. The minimum atomic E-state index is -0.583. The lowest BCUT2D eigenvalue weighted by molar-refractivity contribution is -0.118. The number of halogens is 2. The summed E-state index contributed by atoms with van der Waals surface area (Å²) in [6, 6.07) is 14.1. The third kappa shape index (κ3) is 6.28. The van der Waals surface area contributed by atoms with E-state index in [1.54, 1.807) is 7.11 Å². The molecule has 0 spiro atoms. The van der Waals surface area contributed by atoms with E-state index in [0.29, 0.717) is 67.7 Å². The molecule has 0 bridgehead atoms. The molecule has 1 aliphatic heterocycles. The minimum absolute atomic E-state index is 0.0393. The predicted octanol–water partition coefficient (Wildman–Crippen LogP) is 6.41. The second-order valence-corrected chi connectivity index (χ2v) is 12.5. The molecule has 0 unspecified atom stereocenters. The number of carbonyl (C=O) groups excluding carboxylic acids is 1. The van der Waals surface area contributed by atoms with Gasteiger partial charge in [-0.05, 0) is 76.7 Å². The number of ketones is 1. The number of carbonyl (C=O) groups is 1. The minimum Gasteiger partial charge on any atom is -0.490 e. The fraction of sp³-hybridized carbons (Fsp3) is 0.400. The number of ether oxygens (including phenoxy) is 3. The summed E-state index contributed by atoms with van der Waals surface area (Å²) in [6.07, 6.45) is 1.08. The summed E-state index contributed by atoms with van der Waals surface area (Å²) >= 11 is 5.69. The third-order valence-electron chi connectivity index (χ3n) is 6.97. The van der Waals surface area contributed by atoms with Gasteiger partial charge in [0, 0.05) is 35.8 Å². The zero-order chi connectivity index (χ0) is 28.3. The molecule has 0 saturated carbocycles. The summed E-state index contributed by atoms with van der Waals surface area (Å²) in [6.45, 7) is 7.79. The molecule has 1 aliphatic carbocycles. The first-order chi connectivity index (χ1) is 18.6. The highest BCUT2D eigenvalue weighted by molar-refractivity contribution is 14.1. The quantitative estimate of drug-likeness (QED) is 0.301. The van der Waals surface area contributed by atoms with Crippen LogP contribution in [0.1, 0.15) is 50.7 Å². The van der Waals surface area contributed by atoms with Gasteiger partial charge in [0.25, 0.3) is 0 Å². The Morgan fingerprint density at radius 1 is 1.21 bits per heavy atom. The summed E-state index contributed by atoms with van der Waals surface area (Å²) in [5.74, 6) is 1.02. The van der Waals surface area contributed by atoms with Crippen molar-refractivity contribution in [3.8, 4) is 17.6 Å². The van der Waals surface area contributed by atoms with Crippen molar-refractivity contribution in [2.45, 2.75) is 46.1 Å². The van der Waals surface area contributed by atoms with Gasteiger partial charge in [-0.1, -0.05) is 41.9 Å². The molecule has 2 aromatic rings. The molecule has 2 N–H and O–H groups in total. The highest BCUT2D eigenvalue weighted by Gasteiger charge is 2.44. The van der Waals surface area contributed by atoms with Gasteiger partial charge in [-0.25, -0.2) is 0 Å². The largest absolute Gasteiger partial charge is 0.490 e. The van der Waals surface area contributed by atoms with E-state index >= 15 is 0 Å². The van der Waals surface area contributed by atoms with Crippen LogP contribution >= 0.6 is 38.5 Å². The first-order valence-electron chi connectivity index (χ1n) is 12.9. The molecule has 39 heavy (non-hydrogen) atoms. The fourth-order valence-electron chi connectivity index (χ4n) is 5.24. The van der Waals surface area contributed by atoms with Gasteiger partial charge in [-0.2, -0.15) is 5.26 Å². The van der Waals surface area contributed by atoms with Crippen LogP contribution in [0.2, 0.25) is 0 Å². The number of nitriles is 1. The van der Waals surface area contributed by atoms with E-state index in [2.05, 4.69) is 58.4 Å². The highest BCUT2D eigenvalue weighted by Crippen LogP contribution is 2.50. The zero-order valence-corrected chi connectivity index (χ0v) is 26.4. The Kier molecular flexibility index (Phi) is 9.29. The Bertz CT molecular complexity index is 1360. The SMILES string of the molecule is CCOc1cc([C@@H]2C(C#N)=C(N)N(CCOC)C3=C2C(=O)CC(C)(C)C3)cc(I)c1OCc1ccc(Br)cc1. The van der Waals surface area contributed by atoms with Gasteiger partial charge < -0.3 is 24.8 Å². The van der Waals surface area contributed by atoms with Crippen molar-refractivity contribution < 1.29 is 19.0 Å². The van der Waals surface area contributed by atoms with Crippen LogP contribution in [0, 0.1) is 20.3 Å². The lowest BCUT2D eigenvalue weighted by Gasteiger charge is -2.43. The number of hydrogen-bond donors (Lipinski definition) is 1. The number of allylic oxidation sites excluding steroid dienone is 3. The van der Waals surface area contributed by atoms with Crippen molar-refractivity contribution in [3.63, 3.8) is 0 Å². The van der Waals surface area contributed by atoms with Crippen LogP contribution in [0.5, 0.6) is 11.5 Å². The van der Waals surface area contributed by atoms with Crippen LogP contribution in [-0.4, -0.2) is 37.6 Å². The number of benzene rings is 2. The molecule has 0 fully saturated rings. The second-order valence-electron chi connectivity index (χ2n) is 10.5. The van der Waals surface area contributed by atoms with Crippen LogP contribution in [0.4, 0.5) is 0 Å². The van der Waals surface area contributed by atoms with Crippen molar-refractivity contribution in [2.75, 3.05) is 26.9 Å². The number of hydrogen-bond acceptors (Lipinski definition) is 7.